The van der Waals surface area contributed by atoms with Crippen LogP contribution in [-0.4, -0.2) is 52.7 Å². The number of carbonyl (C=O) groups is 3. The summed E-state index contributed by atoms with van der Waals surface area (Å²) in [6.07, 6.45) is 1.69. The molecule has 182 valence electrons. The lowest BCUT2D eigenvalue weighted by Gasteiger charge is -2.19. The molecule has 1 aromatic heterocycles. The Morgan fingerprint density at radius 1 is 1.11 bits per heavy atom. The van der Waals surface area contributed by atoms with Gasteiger partial charge in [0, 0.05) is 11.3 Å². The zero-order valence-electron chi connectivity index (χ0n) is 19.0. The molecule has 1 aliphatic rings. The average Bonchev–Trinajstić information content (AvgIpc) is 3.47. The Hall–Kier alpha value is -3.37. The molecule has 2 aromatic carbocycles. The number of carbonyl (C=O) groups excluding carboxylic acids is 2. The molecule has 0 radical (unpaired) electrons. The maximum atomic E-state index is 12.8. The van der Waals surface area contributed by atoms with Gasteiger partial charge in [-0.3, -0.25) is 4.79 Å². The molecule has 2 amide bonds. The van der Waals surface area contributed by atoms with Crippen molar-refractivity contribution in [2.24, 2.45) is 0 Å². The molecule has 0 saturated heterocycles. The van der Waals surface area contributed by atoms with Crippen molar-refractivity contribution in [2.75, 3.05) is 18.6 Å². The van der Waals surface area contributed by atoms with Crippen LogP contribution < -0.4 is 10.6 Å². The lowest BCUT2D eigenvalue weighted by Crippen LogP contribution is -2.47. The van der Waals surface area contributed by atoms with Crippen LogP contribution in [0.4, 0.5) is 4.79 Å². The molecule has 0 spiro atoms. The summed E-state index contributed by atoms with van der Waals surface area (Å²) in [5, 5.41) is 16.3. The molecule has 35 heavy (non-hydrogen) atoms. The number of hydrogen-bond acceptors (Lipinski definition) is 7. The number of fused-ring (bicyclic) bond motifs is 3. The van der Waals surface area contributed by atoms with E-state index in [1.807, 2.05) is 42.7 Å². The number of carboxylic acids is 1. The third-order valence-electron chi connectivity index (χ3n) is 5.75. The highest BCUT2D eigenvalue weighted by atomic mass is 32.2. The number of aromatic nitrogens is 1. The van der Waals surface area contributed by atoms with Crippen LogP contribution in [0.25, 0.3) is 11.1 Å². The first kappa shape index (κ1) is 24.7. The molecule has 1 atom stereocenters. The number of rotatable bonds is 10. The van der Waals surface area contributed by atoms with Gasteiger partial charge in [0.05, 0.1) is 6.54 Å². The summed E-state index contributed by atoms with van der Waals surface area (Å²) in [4.78, 5) is 40.4. The van der Waals surface area contributed by atoms with E-state index in [-0.39, 0.29) is 30.7 Å². The van der Waals surface area contributed by atoms with Gasteiger partial charge in [0.2, 0.25) is 5.91 Å². The summed E-state index contributed by atoms with van der Waals surface area (Å²) in [5.74, 6) is -0.893. The van der Waals surface area contributed by atoms with Crippen molar-refractivity contribution in [2.45, 2.75) is 24.9 Å². The number of ether oxygens (including phenoxy) is 1. The van der Waals surface area contributed by atoms with Crippen LogP contribution in [0.1, 0.15) is 39.0 Å². The number of nitrogens with one attached hydrogen (secondary N) is 2. The number of benzene rings is 2. The molecule has 0 unspecified atom stereocenters. The molecule has 1 heterocycles. The highest BCUT2D eigenvalue weighted by Gasteiger charge is 2.29. The van der Waals surface area contributed by atoms with Crippen LogP contribution in [-0.2, 0) is 16.1 Å². The standard InChI is InChI=1S/C25H25N3O5S2/c1-34-11-10-20(23(29)26-12-22-27-21(14-35-22)24(30)31)28-25(32)33-13-19-17-8-4-2-6-15(17)16-7-3-5-9-18(16)19/h2-9,14,19-20H,10-13H2,1H3,(H,26,29)(H,28,32)(H,30,31)/t20-/m0/s1. The molecule has 0 saturated carbocycles. The molecular weight excluding hydrogens is 486 g/mol. The number of alkyl carbamates (subject to hydrolysis) is 1. The van der Waals surface area contributed by atoms with Gasteiger partial charge in [-0.1, -0.05) is 48.5 Å². The molecule has 3 aromatic rings. The lowest BCUT2D eigenvalue weighted by atomic mass is 9.98. The smallest absolute Gasteiger partial charge is 0.407 e. The zero-order chi connectivity index (χ0) is 24.8. The first-order valence-electron chi connectivity index (χ1n) is 11.0. The maximum Gasteiger partial charge on any atom is 0.407 e. The molecule has 10 heteroatoms. The Kier molecular flexibility index (Phi) is 8.04. The summed E-state index contributed by atoms with van der Waals surface area (Å²) in [7, 11) is 0. The van der Waals surface area contributed by atoms with Gasteiger partial charge in [-0.2, -0.15) is 11.8 Å². The number of thioether (sulfide) groups is 1. The third kappa shape index (κ3) is 5.83. The topological polar surface area (TPSA) is 118 Å². The van der Waals surface area contributed by atoms with Crippen LogP contribution in [0.15, 0.2) is 53.9 Å². The second kappa shape index (κ2) is 11.4. The molecule has 0 bridgehead atoms. The van der Waals surface area contributed by atoms with Crippen molar-refractivity contribution in [3.05, 3.63) is 75.7 Å². The number of aromatic carboxylic acids is 1. The van der Waals surface area contributed by atoms with Crippen molar-refractivity contribution >= 4 is 41.1 Å². The monoisotopic (exact) mass is 511 g/mol. The second-order valence-electron chi connectivity index (χ2n) is 7.95. The maximum absolute atomic E-state index is 12.8. The number of hydrogen-bond donors (Lipinski definition) is 3. The Morgan fingerprint density at radius 2 is 1.77 bits per heavy atom. The van der Waals surface area contributed by atoms with E-state index in [1.165, 1.54) is 5.38 Å². The van der Waals surface area contributed by atoms with Crippen molar-refractivity contribution in [1.82, 2.24) is 15.6 Å². The number of thiazole rings is 1. The molecule has 8 nitrogen and oxygen atoms in total. The first-order valence-corrected chi connectivity index (χ1v) is 13.3. The van der Waals surface area contributed by atoms with Gasteiger partial charge in [0.15, 0.2) is 5.69 Å². The van der Waals surface area contributed by atoms with E-state index in [0.29, 0.717) is 17.2 Å². The van der Waals surface area contributed by atoms with E-state index in [4.69, 9.17) is 9.84 Å². The van der Waals surface area contributed by atoms with Gasteiger partial charge in [-0.15, -0.1) is 11.3 Å². The fourth-order valence-electron chi connectivity index (χ4n) is 4.06. The molecular formula is C25H25N3O5S2. The Balaban J connectivity index is 1.36. The zero-order valence-corrected chi connectivity index (χ0v) is 20.7. The molecule has 3 N–H and O–H groups in total. The lowest BCUT2D eigenvalue weighted by molar-refractivity contribution is -0.123. The summed E-state index contributed by atoms with van der Waals surface area (Å²) < 4.78 is 5.58. The van der Waals surface area contributed by atoms with Crippen molar-refractivity contribution in [1.29, 1.82) is 0 Å². The SMILES string of the molecule is CSCC[C@H](NC(=O)OCC1c2ccccc2-c2ccccc21)C(=O)NCc1nc(C(=O)O)cs1. The summed E-state index contributed by atoms with van der Waals surface area (Å²) in [6, 6.07) is 15.4. The highest BCUT2D eigenvalue weighted by molar-refractivity contribution is 7.98. The van der Waals surface area contributed by atoms with Gasteiger partial charge in [-0.25, -0.2) is 14.6 Å². The predicted molar refractivity (Wildman–Crippen MR) is 136 cm³/mol. The highest BCUT2D eigenvalue weighted by Crippen LogP contribution is 2.44. The van der Waals surface area contributed by atoms with Crippen molar-refractivity contribution < 1.29 is 24.2 Å². The molecule has 4 rings (SSSR count). The van der Waals surface area contributed by atoms with Crippen LogP contribution >= 0.6 is 23.1 Å². The summed E-state index contributed by atoms with van der Waals surface area (Å²) >= 11 is 2.72. The van der Waals surface area contributed by atoms with E-state index in [0.717, 1.165) is 33.6 Å². The predicted octanol–water partition coefficient (Wildman–Crippen LogP) is 4.12. The molecule has 0 fully saturated rings. The summed E-state index contributed by atoms with van der Waals surface area (Å²) in [5.41, 5.74) is 4.45. The summed E-state index contributed by atoms with van der Waals surface area (Å²) in [6.45, 7) is 0.243. The number of amides is 2. The van der Waals surface area contributed by atoms with E-state index in [2.05, 4.69) is 27.8 Å². The van der Waals surface area contributed by atoms with E-state index in [1.54, 1.807) is 11.8 Å². The fraction of sp³-hybridized carbons (Fsp3) is 0.280. The van der Waals surface area contributed by atoms with Crippen LogP contribution in [0.5, 0.6) is 0 Å². The Morgan fingerprint density at radius 3 is 2.37 bits per heavy atom. The molecule has 1 aliphatic carbocycles. The Labute approximate surface area is 211 Å². The van der Waals surface area contributed by atoms with Gasteiger partial charge in [0.1, 0.15) is 17.7 Å². The largest absolute Gasteiger partial charge is 0.476 e. The van der Waals surface area contributed by atoms with Crippen LogP contribution in [0, 0.1) is 0 Å². The van der Waals surface area contributed by atoms with Crippen molar-refractivity contribution in [3.63, 3.8) is 0 Å². The van der Waals surface area contributed by atoms with Gasteiger partial charge < -0.3 is 20.5 Å². The Bertz CT molecular complexity index is 1180. The van der Waals surface area contributed by atoms with E-state index in [9.17, 15) is 14.4 Å². The van der Waals surface area contributed by atoms with Gasteiger partial charge in [0.25, 0.3) is 0 Å². The third-order valence-corrected chi connectivity index (χ3v) is 7.24. The first-order chi connectivity index (χ1) is 17.0. The molecule has 0 aliphatic heterocycles. The van der Waals surface area contributed by atoms with Crippen LogP contribution in [0.3, 0.4) is 0 Å². The fourth-order valence-corrected chi connectivity index (χ4v) is 5.24. The van der Waals surface area contributed by atoms with E-state index < -0.39 is 18.1 Å². The number of carboxylic acid groups (broad SMARTS) is 1. The minimum Gasteiger partial charge on any atom is -0.476 e. The minimum atomic E-state index is -1.12. The minimum absolute atomic E-state index is 0.0602. The van der Waals surface area contributed by atoms with Crippen LogP contribution in [0.2, 0.25) is 0 Å². The second-order valence-corrected chi connectivity index (χ2v) is 9.88. The van der Waals surface area contributed by atoms with E-state index >= 15 is 0 Å². The number of nitrogens with zero attached hydrogens (tertiary/aromatic N) is 1. The average molecular weight is 512 g/mol. The van der Waals surface area contributed by atoms with Gasteiger partial charge >= 0.3 is 12.1 Å². The van der Waals surface area contributed by atoms with Gasteiger partial charge in [-0.05, 0) is 40.7 Å². The van der Waals surface area contributed by atoms with Crippen molar-refractivity contribution in [3.8, 4) is 11.1 Å². The normalized spacial score (nSPS) is 12.9. The quantitative estimate of drug-likeness (QED) is 0.375.